The average molecular weight is 183 g/mol. The highest BCUT2D eigenvalue weighted by Gasteiger charge is 2.49. The second kappa shape index (κ2) is 2.71. The number of rotatable bonds is 1. The molecule has 0 saturated carbocycles. The van der Waals surface area contributed by atoms with Gasteiger partial charge in [0.2, 0.25) is 5.91 Å². The molecule has 13 heavy (non-hydrogen) atoms. The molecule has 74 valence electrons. The summed E-state index contributed by atoms with van der Waals surface area (Å²) < 4.78 is 5.73. The van der Waals surface area contributed by atoms with E-state index in [0.29, 0.717) is 6.42 Å². The van der Waals surface area contributed by atoms with Crippen LogP contribution < -0.4 is 5.32 Å². The summed E-state index contributed by atoms with van der Waals surface area (Å²) in [5.41, 5.74) is 0.0616. The molecule has 0 bridgehead atoms. The van der Waals surface area contributed by atoms with Crippen LogP contribution in [-0.4, -0.2) is 23.7 Å². The van der Waals surface area contributed by atoms with Crippen LogP contribution in [0.5, 0.6) is 0 Å². The molecule has 2 aliphatic heterocycles. The van der Waals surface area contributed by atoms with E-state index in [1.54, 1.807) is 0 Å². The highest BCUT2D eigenvalue weighted by molar-refractivity contribution is 5.84. The van der Waals surface area contributed by atoms with Gasteiger partial charge in [-0.05, 0) is 26.2 Å². The van der Waals surface area contributed by atoms with Gasteiger partial charge in [0.1, 0.15) is 0 Å². The third kappa shape index (κ3) is 1.46. The summed E-state index contributed by atoms with van der Waals surface area (Å²) in [5, 5.41) is 3.03. The number of ether oxygens (including phenoxy) is 1. The summed E-state index contributed by atoms with van der Waals surface area (Å²) in [7, 11) is 0. The molecule has 2 heterocycles. The maximum atomic E-state index is 10.9. The van der Waals surface area contributed by atoms with E-state index in [4.69, 9.17) is 4.74 Å². The molecular formula is C10H17NO2. The number of nitrogens with one attached hydrogen (secondary N) is 1. The van der Waals surface area contributed by atoms with Crippen molar-refractivity contribution in [1.82, 2.24) is 5.32 Å². The van der Waals surface area contributed by atoms with Gasteiger partial charge in [-0.15, -0.1) is 0 Å². The second-order valence-electron chi connectivity index (χ2n) is 4.58. The van der Waals surface area contributed by atoms with Gasteiger partial charge in [0.05, 0.1) is 11.1 Å². The zero-order chi connectivity index (χ0) is 9.53. The van der Waals surface area contributed by atoms with Crippen molar-refractivity contribution in [3.05, 3.63) is 0 Å². The zero-order valence-corrected chi connectivity index (χ0v) is 8.35. The Morgan fingerprint density at radius 3 is 2.85 bits per heavy atom. The first-order valence-electron chi connectivity index (χ1n) is 5.03. The molecule has 0 aromatic heterocycles. The minimum Gasteiger partial charge on any atom is -0.375 e. The van der Waals surface area contributed by atoms with Gasteiger partial charge < -0.3 is 10.1 Å². The van der Waals surface area contributed by atoms with Gasteiger partial charge in [-0.1, -0.05) is 6.92 Å². The number of carbonyl (C=O) groups is 1. The summed E-state index contributed by atoms with van der Waals surface area (Å²) in [6.07, 6.45) is 3.67. The fourth-order valence-corrected chi connectivity index (χ4v) is 2.42. The fourth-order valence-electron chi connectivity index (χ4n) is 2.42. The highest BCUT2D eigenvalue weighted by atomic mass is 16.5. The summed E-state index contributed by atoms with van der Waals surface area (Å²) in [5.74, 6) is 0.195. The number of hydrogen-bond acceptors (Lipinski definition) is 2. The third-order valence-corrected chi connectivity index (χ3v) is 3.39. The van der Waals surface area contributed by atoms with Crippen molar-refractivity contribution in [2.24, 2.45) is 0 Å². The van der Waals surface area contributed by atoms with Crippen LogP contribution >= 0.6 is 0 Å². The van der Waals surface area contributed by atoms with Gasteiger partial charge in [0.15, 0.2) is 0 Å². The lowest BCUT2D eigenvalue weighted by Gasteiger charge is -2.51. The van der Waals surface area contributed by atoms with Crippen LogP contribution in [0.2, 0.25) is 0 Å². The lowest BCUT2D eigenvalue weighted by atomic mass is 9.73. The maximum Gasteiger partial charge on any atom is 0.222 e. The van der Waals surface area contributed by atoms with Crippen molar-refractivity contribution < 1.29 is 9.53 Å². The van der Waals surface area contributed by atoms with Crippen LogP contribution in [0.25, 0.3) is 0 Å². The van der Waals surface area contributed by atoms with Crippen molar-refractivity contribution in [1.29, 1.82) is 0 Å². The molecule has 0 aromatic rings. The standard InChI is InChI=1S/C10H17NO2/c1-3-9(2)7-10(4-5-13-9)6-8(12)11-10/h3-7H2,1-2H3,(H,11,12). The molecule has 2 aliphatic rings. The average Bonchev–Trinajstić information content (AvgIpc) is 2.02. The van der Waals surface area contributed by atoms with Crippen molar-refractivity contribution in [3.63, 3.8) is 0 Å². The summed E-state index contributed by atoms with van der Waals surface area (Å²) in [6.45, 7) is 5.06. The molecule has 3 heteroatoms. The van der Waals surface area contributed by atoms with Gasteiger partial charge in [-0.25, -0.2) is 0 Å². The molecule has 3 nitrogen and oxygen atoms in total. The van der Waals surface area contributed by atoms with Crippen LogP contribution in [0.1, 0.15) is 39.5 Å². The number of hydrogen-bond donors (Lipinski definition) is 1. The first-order valence-corrected chi connectivity index (χ1v) is 5.03. The molecule has 2 fully saturated rings. The third-order valence-electron chi connectivity index (χ3n) is 3.39. The lowest BCUT2D eigenvalue weighted by molar-refractivity contribution is -0.150. The van der Waals surface area contributed by atoms with Gasteiger partial charge in [-0.3, -0.25) is 4.79 Å². The Morgan fingerprint density at radius 2 is 2.31 bits per heavy atom. The molecule has 2 saturated heterocycles. The monoisotopic (exact) mass is 183 g/mol. The van der Waals surface area contributed by atoms with Gasteiger partial charge in [0, 0.05) is 13.0 Å². The largest absolute Gasteiger partial charge is 0.375 e. The molecule has 0 aliphatic carbocycles. The van der Waals surface area contributed by atoms with E-state index in [-0.39, 0.29) is 17.0 Å². The topological polar surface area (TPSA) is 38.3 Å². The van der Waals surface area contributed by atoms with Crippen LogP contribution in [0, 0.1) is 0 Å². The Bertz CT molecular complexity index is 231. The normalized spacial score (nSPS) is 44.3. The number of carbonyl (C=O) groups excluding carboxylic acids is 1. The summed E-state index contributed by atoms with van der Waals surface area (Å²) in [6, 6.07) is 0. The van der Waals surface area contributed by atoms with Crippen LogP contribution in [-0.2, 0) is 9.53 Å². The molecule has 0 aromatic carbocycles. The first kappa shape index (κ1) is 9.00. The van der Waals surface area contributed by atoms with E-state index in [1.807, 2.05) is 0 Å². The molecule has 1 N–H and O–H groups in total. The molecule has 2 atom stereocenters. The van der Waals surface area contributed by atoms with E-state index in [1.165, 1.54) is 0 Å². The van der Waals surface area contributed by atoms with Crippen LogP contribution in [0.4, 0.5) is 0 Å². The van der Waals surface area contributed by atoms with Gasteiger partial charge in [-0.2, -0.15) is 0 Å². The van der Waals surface area contributed by atoms with E-state index < -0.39 is 0 Å². The fraction of sp³-hybridized carbons (Fsp3) is 0.900. The molecule has 1 spiro atoms. The Labute approximate surface area is 78.8 Å². The molecular weight excluding hydrogens is 166 g/mol. The van der Waals surface area contributed by atoms with E-state index in [9.17, 15) is 4.79 Å². The maximum absolute atomic E-state index is 10.9. The van der Waals surface area contributed by atoms with E-state index in [2.05, 4.69) is 19.2 Å². The predicted octanol–water partition coefficient (Wildman–Crippen LogP) is 1.22. The van der Waals surface area contributed by atoms with Crippen molar-refractivity contribution in [2.75, 3.05) is 6.61 Å². The van der Waals surface area contributed by atoms with Crippen LogP contribution in [0.3, 0.4) is 0 Å². The van der Waals surface area contributed by atoms with E-state index >= 15 is 0 Å². The smallest absolute Gasteiger partial charge is 0.222 e. The van der Waals surface area contributed by atoms with Crippen LogP contribution in [0.15, 0.2) is 0 Å². The van der Waals surface area contributed by atoms with Gasteiger partial charge in [0.25, 0.3) is 0 Å². The first-order chi connectivity index (χ1) is 6.08. The molecule has 2 unspecified atom stereocenters. The van der Waals surface area contributed by atoms with Gasteiger partial charge >= 0.3 is 0 Å². The lowest BCUT2D eigenvalue weighted by Crippen LogP contribution is -2.66. The number of amides is 1. The Morgan fingerprint density at radius 1 is 1.62 bits per heavy atom. The Kier molecular flexibility index (Phi) is 1.88. The Hall–Kier alpha value is -0.570. The van der Waals surface area contributed by atoms with Crippen molar-refractivity contribution in [2.45, 2.75) is 50.7 Å². The highest BCUT2D eigenvalue weighted by Crippen LogP contribution is 2.40. The van der Waals surface area contributed by atoms with Crippen molar-refractivity contribution >= 4 is 5.91 Å². The molecule has 2 rings (SSSR count). The summed E-state index contributed by atoms with van der Waals surface area (Å²) in [4.78, 5) is 10.9. The number of β-lactam (4-membered cyclic amide) rings is 1. The molecule has 0 radical (unpaired) electrons. The SMILES string of the molecule is CCC1(C)CC2(CCO1)CC(=O)N2. The molecule has 1 amide bonds. The quantitative estimate of drug-likeness (QED) is 0.621. The predicted molar refractivity (Wildman–Crippen MR) is 49.4 cm³/mol. The zero-order valence-electron chi connectivity index (χ0n) is 8.35. The minimum absolute atomic E-state index is 0.0219. The van der Waals surface area contributed by atoms with E-state index in [0.717, 1.165) is 25.9 Å². The minimum atomic E-state index is -0.0219. The summed E-state index contributed by atoms with van der Waals surface area (Å²) >= 11 is 0. The second-order valence-corrected chi connectivity index (χ2v) is 4.58. The van der Waals surface area contributed by atoms with Crippen molar-refractivity contribution in [3.8, 4) is 0 Å². The Balaban J connectivity index is 2.04.